The van der Waals surface area contributed by atoms with Gasteiger partial charge >= 0.3 is 5.97 Å². The fourth-order valence-corrected chi connectivity index (χ4v) is 2.70. The predicted molar refractivity (Wildman–Crippen MR) is 96.6 cm³/mol. The number of carbonyl (C=O) groups is 2. The standard InChI is InChI=1S/C18H19ClF3N3O3/c1-8(2)7-25-16(19)13(9(3)24-25)18(27)28-10(4)17(26)23-12-6-5-11(20)14(21)15(12)22/h5-6,8,10H,7H2,1-4H3,(H,23,26)/t10-/m0/s1. The lowest BCUT2D eigenvalue weighted by atomic mass is 10.2. The van der Waals surface area contributed by atoms with E-state index in [4.69, 9.17) is 16.3 Å². The van der Waals surface area contributed by atoms with Gasteiger partial charge in [0.05, 0.1) is 11.4 Å². The molecule has 0 fully saturated rings. The van der Waals surface area contributed by atoms with Gasteiger partial charge in [-0.25, -0.2) is 18.0 Å². The SMILES string of the molecule is Cc1nn(CC(C)C)c(Cl)c1C(=O)O[C@@H](C)C(=O)Nc1ccc(F)c(F)c1F. The van der Waals surface area contributed by atoms with Crippen LogP contribution in [0, 0.1) is 30.3 Å². The zero-order chi connectivity index (χ0) is 21.2. The van der Waals surface area contributed by atoms with Crippen LogP contribution in [0.1, 0.15) is 36.8 Å². The molecule has 1 atom stereocenters. The Bertz CT molecular complexity index is 915. The minimum atomic E-state index is -1.72. The number of halogens is 4. The van der Waals surface area contributed by atoms with Crippen LogP contribution >= 0.6 is 11.6 Å². The molecule has 0 bridgehead atoms. The van der Waals surface area contributed by atoms with Crippen LogP contribution in [-0.2, 0) is 16.1 Å². The minimum absolute atomic E-state index is 0.0148. The van der Waals surface area contributed by atoms with Gasteiger partial charge in [-0.3, -0.25) is 9.48 Å². The van der Waals surface area contributed by atoms with E-state index in [9.17, 15) is 22.8 Å². The molecule has 152 valence electrons. The van der Waals surface area contributed by atoms with E-state index < -0.39 is 41.1 Å². The number of carbonyl (C=O) groups excluding carboxylic acids is 2. The number of nitrogens with one attached hydrogen (secondary N) is 1. The Hall–Kier alpha value is -2.55. The van der Waals surface area contributed by atoms with Crippen molar-refractivity contribution in [3.05, 3.63) is 46.0 Å². The Morgan fingerprint density at radius 2 is 1.86 bits per heavy atom. The summed E-state index contributed by atoms with van der Waals surface area (Å²) in [5.41, 5.74) is -0.235. The first kappa shape index (κ1) is 21.7. The van der Waals surface area contributed by atoms with Crippen LogP contribution in [0.5, 0.6) is 0 Å². The van der Waals surface area contributed by atoms with Gasteiger partial charge in [-0.2, -0.15) is 5.10 Å². The number of amides is 1. The molecule has 0 saturated heterocycles. The van der Waals surface area contributed by atoms with Gasteiger partial charge in [0, 0.05) is 6.54 Å². The molecule has 0 aliphatic rings. The second-order valence-electron chi connectivity index (χ2n) is 6.59. The molecule has 0 unspecified atom stereocenters. The van der Waals surface area contributed by atoms with Crippen molar-refractivity contribution in [2.75, 3.05) is 5.32 Å². The molecule has 6 nitrogen and oxygen atoms in total. The molecule has 1 N–H and O–H groups in total. The molecule has 28 heavy (non-hydrogen) atoms. The first-order valence-corrected chi connectivity index (χ1v) is 8.79. The van der Waals surface area contributed by atoms with Crippen LogP contribution in [0.3, 0.4) is 0 Å². The van der Waals surface area contributed by atoms with E-state index in [1.807, 2.05) is 19.2 Å². The van der Waals surface area contributed by atoms with Gasteiger partial charge in [0.1, 0.15) is 10.7 Å². The molecule has 0 spiro atoms. The van der Waals surface area contributed by atoms with Crippen molar-refractivity contribution in [3.8, 4) is 0 Å². The van der Waals surface area contributed by atoms with E-state index in [1.54, 1.807) is 6.92 Å². The Morgan fingerprint density at radius 3 is 2.46 bits per heavy atom. The first-order chi connectivity index (χ1) is 13.0. The van der Waals surface area contributed by atoms with Crippen molar-refractivity contribution in [1.82, 2.24) is 9.78 Å². The van der Waals surface area contributed by atoms with Crippen LogP contribution in [0.2, 0.25) is 5.15 Å². The zero-order valence-corrected chi connectivity index (χ0v) is 16.4. The fourth-order valence-electron chi connectivity index (χ4n) is 2.38. The van der Waals surface area contributed by atoms with Crippen LogP contribution in [0.15, 0.2) is 12.1 Å². The molecule has 0 aliphatic heterocycles. The van der Waals surface area contributed by atoms with Gasteiger partial charge in [0.15, 0.2) is 23.6 Å². The monoisotopic (exact) mass is 417 g/mol. The average molecular weight is 418 g/mol. The maximum absolute atomic E-state index is 13.7. The average Bonchev–Trinajstić information content (AvgIpc) is 2.88. The molecule has 0 saturated carbocycles. The highest BCUT2D eigenvalue weighted by atomic mass is 35.5. The first-order valence-electron chi connectivity index (χ1n) is 8.41. The van der Waals surface area contributed by atoms with Gasteiger partial charge < -0.3 is 10.1 Å². The molecule has 10 heteroatoms. The molecule has 1 heterocycles. The van der Waals surface area contributed by atoms with E-state index in [0.29, 0.717) is 18.3 Å². The summed E-state index contributed by atoms with van der Waals surface area (Å²) in [5, 5.41) is 6.30. The maximum atomic E-state index is 13.7. The van der Waals surface area contributed by atoms with Crippen LogP contribution < -0.4 is 5.32 Å². The second-order valence-corrected chi connectivity index (χ2v) is 6.94. The van der Waals surface area contributed by atoms with Crippen molar-refractivity contribution in [1.29, 1.82) is 0 Å². The van der Waals surface area contributed by atoms with E-state index in [0.717, 1.165) is 6.07 Å². The number of hydrogen-bond donors (Lipinski definition) is 1. The zero-order valence-electron chi connectivity index (χ0n) is 15.6. The van der Waals surface area contributed by atoms with Crippen molar-refractivity contribution in [2.45, 2.75) is 40.3 Å². The molecule has 2 rings (SSSR count). The summed E-state index contributed by atoms with van der Waals surface area (Å²) in [6, 6.07) is 1.52. The molecular weight excluding hydrogens is 399 g/mol. The third-order valence-electron chi connectivity index (χ3n) is 3.75. The summed E-state index contributed by atoms with van der Waals surface area (Å²) in [5.74, 6) is -6.24. The second kappa shape index (κ2) is 8.64. The number of nitrogens with zero attached hydrogens (tertiary/aromatic N) is 2. The van der Waals surface area contributed by atoms with E-state index in [2.05, 4.69) is 5.10 Å². The van der Waals surface area contributed by atoms with Gasteiger partial charge in [-0.15, -0.1) is 0 Å². The molecule has 1 amide bonds. The highest BCUT2D eigenvalue weighted by Crippen LogP contribution is 2.23. The Labute approximate surface area is 164 Å². The minimum Gasteiger partial charge on any atom is -0.449 e. The normalized spacial score (nSPS) is 12.2. The van der Waals surface area contributed by atoms with Crippen LogP contribution in [-0.4, -0.2) is 27.8 Å². The number of rotatable bonds is 6. The molecule has 2 aromatic rings. The smallest absolute Gasteiger partial charge is 0.343 e. The number of aryl methyl sites for hydroxylation is 1. The van der Waals surface area contributed by atoms with E-state index in [-0.39, 0.29) is 16.6 Å². The number of anilines is 1. The van der Waals surface area contributed by atoms with E-state index in [1.165, 1.54) is 11.6 Å². The van der Waals surface area contributed by atoms with E-state index >= 15 is 0 Å². The van der Waals surface area contributed by atoms with Crippen LogP contribution in [0.25, 0.3) is 0 Å². The topological polar surface area (TPSA) is 73.2 Å². The van der Waals surface area contributed by atoms with Crippen molar-refractivity contribution in [2.24, 2.45) is 5.92 Å². The van der Waals surface area contributed by atoms with Gasteiger partial charge in [0.25, 0.3) is 5.91 Å². The Kier molecular flexibility index (Phi) is 6.71. The maximum Gasteiger partial charge on any atom is 0.343 e. The predicted octanol–water partition coefficient (Wildman–Crippen LogP) is 4.10. The fraction of sp³-hybridized carbons (Fsp3) is 0.389. The molecule has 0 radical (unpaired) electrons. The molecule has 0 aliphatic carbocycles. The largest absolute Gasteiger partial charge is 0.449 e. The van der Waals surface area contributed by atoms with Crippen molar-refractivity contribution < 1.29 is 27.5 Å². The van der Waals surface area contributed by atoms with Gasteiger partial charge in [0.2, 0.25) is 0 Å². The lowest BCUT2D eigenvalue weighted by Crippen LogP contribution is -2.30. The van der Waals surface area contributed by atoms with Crippen LogP contribution in [0.4, 0.5) is 18.9 Å². The highest BCUT2D eigenvalue weighted by molar-refractivity contribution is 6.32. The summed E-state index contributed by atoms with van der Waals surface area (Å²) < 4.78 is 46.4. The Morgan fingerprint density at radius 1 is 1.21 bits per heavy atom. The molecule has 1 aromatic carbocycles. The van der Waals surface area contributed by atoms with Crippen molar-refractivity contribution >= 4 is 29.2 Å². The lowest BCUT2D eigenvalue weighted by molar-refractivity contribution is -0.123. The summed E-state index contributed by atoms with van der Waals surface area (Å²) in [4.78, 5) is 24.5. The number of benzene rings is 1. The number of aromatic nitrogens is 2. The third-order valence-corrected chi connectivity index (χ3v) is 4.14. The number of hydrogen-bond acceptors (Lipinski definition) is 4. The van der Waals surface area contributed by atoms with Gasteiger partial charge in [-0.05, 0) is 31.9 Å². The Balaban J connectivity index is 2.11. The summed E-state index contributed by atoms with van der Waals surface area (Å²) in [6.07, 6.45) is -1.36. The summed E-state index contributed by atoms with van der Waals surface area (Å²) >= 11 is 6.19. The number of esters is 1. The van der Waals surface area contributed by atoms with Crippen molar-refractivity contribution in [3.63, 3.8) is 0 Å². The quantitative estimate of drug-likeness (QED) is 0.567. The molecular formula is C18H19ClF3N3O3. The molecule has 1 aromatic heterocycles. The summed E-state index contributed by atoms with van der Waals surface area (Å²) in [7, 11) is 0. The third kappa shape index (κ3) is 4.64. The highest BCUT2D eigenvalue weighted by Gasteiger charge is 2.26. The lowest BCUT2D eigenvalue weighted by Gasteiger charge is -2.14. The number of ether oxygens (including phenoxy) is 1. The summed E-state index contributed by atoms with van der Waals surface area (Å²) in [6.45, 7) is 7.20. The van der Waals surface area contributed by atoms with Gasteiger partial charge in [-0.1, -0.05) is 25.4 Å².